The van der Waals surface area contributed by atoms with E-state index in [4.69, 9.17) is 9.47 Å². The Hall–Kier alpha value is -3.78. The predicted molar refractivity (Wildman–Crippen MR) is 137 cm³/mol. The summed E-state index contributed by atoms with van der Waals surface area (Å²) in [4.78, 5) is 0. The van der Waals surface area contributed by atoms with Crippen LogP contribution in [-0.2, 0) is 6.61 Å². The summed E-state index contributed by atoms with van der Waals surface area (Å²) >= 11 is 0. The van der Waals surface area contributed by atoms with E-state index >= 15 is 0 Å². The van der Waals surface area contributed by atoms with Gasteiger partial charge in [0.15, 0.2) is 0 Å². The maximum atomic E-state index is 6.06. The van der Waals surface area contributed by atoms with Gasteiger partial charge < -0.3 is 9.47 Å². The molecular weight excluding hydrogens is 392 g/mol. The van der Waals surface area contributed by atoms with Crippen LogP contribution in [0.1, 0.15) is 33.4 Å². The lowest BCUT2D eigenvalue weighted by Crippen LogP contribution is -2.02. The molecule has 0 unspecified atom stereocenters. The molecule has 0 spiro atoms. The van der Waals surface area contributed by atoms with Gasteiger partial charge >= 0.3 is 0 Å². The molecule has 0 atom stereocenters. The molecule has 0 saturated heterocycles. The number of hydrogen-bond donors (Lipinski definition) is 0. The van der Waals surface area contributed by atoms with Crippen LogP contribution >= 0.6 is 0 Å². The number of ether oxygens (including phenoxy) is 2. The van der Waals surface area contributed by atoms with Crippen molar-refractivity contribution in [3.8, 4) is 11.5 Å². The molecule has 0 fully saturated rings. The fraction of sp³-hybridized carbons (Fsp3) is 0.133. The summed E-state index contributed by atoms with van der Waals surface area (Å²) in [5.74, 6) is 1.46. The first-order valence-electron chi connectivity index (χ1n) is 10.7. The van der Waals surface area contributed by atoms with Crippen molar-refractivity contribution in [2.75, 3.05) is 6.61 Å². The fourth-order valence-corrected chi connectivity index (χ4v) is 3.42. The van der Waals surface area contributed by atoms with Gasteiger partial charge in [-0.25, -0.2) is 0 Å². The highest BCUT2D eigenvalue weighted by molar-refractivity contribution is 5.59. The van der Waals surface area contributed by atoms with Gasteiger partial charge in [-0.15, -0.1) is 0 Å². The molecule has 0 aliphatic rings. The van der Waals surface area contributed by atoms with Crippen molar-refractivity contribution >= 4 is 18.2 Å². The molecule has 0 bridgehead atoms. The highest BCUT2D eigenvalue weighted by atomic mass is 16.5. The molecule has 162 valence electrons. The standard InChI is InChI=1S/C30H30O2/c1-6-25-17-18-28(31-21-27-14-10-12-24(5)29(27)7-2)19-30(25)32-20-22(3)15-16-26-13-9-8-11-23(26)4/h6-19H,1-3,20-21H2,4-5H3/b16-15-. The molecule has 3 aromatic carbocycles. The van der Waals surface area contributed by atoms with E-state index in [1.165, 1.54) is 16.7 Å². The largest absolute Gasteiger partial charge is 0.489 e. The second-order valence-corrected chi connectivity index (χ2v) is 7.68. The minimum atomic E-state index is 0.380. The zero-order valence-electron chi connectivity index (χ0n) is 18.9. The Kier molecular flexibility index (Phi) is 7.88. The molecule has 0 saturated carbocycles. The number of rotatable bonds is 10. The van der Waals surface area contributed by atoms with E-state index in [0.717, 1.165) is 33.8 Å². The molecule has 3 rings (SSSR count). The van der Waals surface area contributed by atoms with Gasteiger partial charge in [-0.05, 0) is 59.4 Å². The Morgan fingerprint density at radius 1 is 0.844 bits per heavy atom. The Morgan fingerprint density at radius 3 is 2.38 bits per heavy atom. The van der Waals surface area contributed by atoms with Crippen molar-refractivity contribution in [2.24, 2.45) is 0 Å². The third kappa shape index (κ3) is 5.89. The van der Waals surface area contributed by atoms with Gasteiger partial charge in [0.2, 0.25) is 0 Å². The third-order valence-corrected chi connectivity index (χ3v) is 5.32. The van der Waals surface area contributed by atoms with Crippen molar-refractivity contribution in [3.05, 3.63) is 125 Å². The van der Waals surface area contributed by atoms with Gasteiger partial charge in [0.25, 0.3) is 0 Å². The summed E-state index contributed by atoms with van der Waals surface area (Å²) in [6.45, 7) is 16.9. The summed E-state index contributed by atoms with van der Waals surface area (Å²) in [6.07, 6.45) is 7.71. The van der Waals surface area contributed by atoms with Gasteiger partial charge in [0, 0.05) is 11.6 Å². The maximum Gasteiger partial charge on any atom is 0.130 e. The molecule has 3 aromatic rings. The summed E-state index contributed by atoms with van der Waals surface area (Å²) in [5.41, 5.74) is 7.59. The fourth-order valence-electron chi connectivity index (χ4n) is 3.42. The molecule has 0 N–H and O–H groups in total. The van der Waals surface area contributed by atoms with E-state index < -0.39 is 0 Å². The summed E-state index contributed by atoms with van der Waals surface area (Å²) in [6, 6.07) is 20.2. The van der Waals surface area contributed by atoms with Crippen LogP contribution in [0.15, 0.2) is 92.0 Å². The molecule has 0 amide bonds. The zero-order valence-corrected chi connectivity index (χ0v) is 18.9. The van der Waals surface area contributed by atoms with Crippen LogP contribution in [0.25, 0.3) is 18.2 Å². The molecule has 0 aliphatic heterocycles. The highest BCUT2D eigenvalue weighted by Gasteiger charge is 2.07. The third-order valence-electron chi connectivity index (χ3n) is 5.32. The van der Waals surface area contributed by atoms with Crippen LogP contribution < -0.4 is 9.47 Å². The molecule has 0 aromatic heterocycles. The van der Waals surface area contributed by atoms with Crippen LogP contribution in [-0.4, -0.2) is 6.61 Å². The number of hydrogen-bond acceptors (Lipinski definition) is 2. The van der Waals surface area contributed by atoms with Crippen LogP contribution in [0.2, 0.25) is 0 Å². The molecule has 0 aliphatic carbocycles. The van der Waals surface area contributed by atoms with E-state index in [2.05, 4.69) is 63.9 Å². The van der Waals surface area contributed by atoms with Crippen LogP contribution in [0.5, 0.6) is 11.5 Å². The van der Waals surface area contributed by atoms with Gasteiger partial charge in [-0.2, -0.15) is 0 Å². The van der Waals surface area contributed by atoms with Crippen LogP contribution in [0, 0.1) is 13.8 Å². The second-order valence-electron chi connectivity index (χ2n) is 7.68. The maximum absolute atomic E-state index is 6.06. The molecule has 2 nitrogen and oxygen atoms in total. The van der Waals surface area contributed by atoms with E-state index in [1.807, 2.05) is 48.6 Å². The molecule has 32 heavy (non-hydrogen) atoms. The minimum Gasteiger partial charge on any atom is -0.489 e. The summed E-state index contributed by atoms with van der Waals surface area (Å²) in [7, 11) is 0. The average molecular weight is 423 g/mol. The first kappa shape index (κ1) is 22.9. The number of benzene rings is 3. The van der Waals surface area contributed by atoms with Crippen molar-refractivity contribution in [3.63, 3.8) is 0 Å². The van der Waals surface area contributed by atoms with Gasteiger partial charge in [-0.3, -0.25) is 0 Å². The highest BCUT2D eigenvalue weighted by Crippen LogP contribution is 2.27. The molecule has 2 heteroatoms. The zero-order chi connectivity index (χ0) is 22.9. The van der Waals surface area contributed by atoms with Crippen LogP contribution in [0.3, 0.4) is 0 Å². The lowest BCUT2D eigenvalue weighted by atomic mass is 10.0. The Balaban J connectivity index is 1.67. The van der Waals surface area contributed by atoms with Crippen molar-refractivity contribution in [1.29, 1.82) is 0 Å². The quantitative estimate of drug-likeness (QED) is 0.310. The van der Waals surface area contributed by atoms with E-state index in [0.29, 0.717) is 13.2 Å². The normalized spacial score (nSPS) is 10.7. The lowest BCUT2D eigenvalue weighted by molar-refractivity contribution is 0.301. The Bertz CT molecular complexity index is 1150. The topological polar surface area (TPSA) is 18.5 Å². The van der Waals surface area contributed by atoms with Gasteiger partial charge in [0.1, 0.15) is 24.7 Å². The Labute approximate surface area is 191 Å². The van der Waals surface area contributed by atoms with Crippen LogP contribution in [0.4, 0.5) is 0 Å². The Morgan fingerprint density at radius 2 is 1.62 bits per heavy atom. The first-order chi connectivity index (χ1) is 15.5. The monoisotopic (exact) mass is 422 g/mol. The molecule has 0 radical (unpaired) electrons. The summed E-state index contributed by atoms with van der Waals surface area (Å²) in [5, 5.41) is 0. The SMILES string of the molecule is C=Cc1ccc(OCc2cccc(C)c2C=C)cc1OCC(=C)/C=C\c1ccccc1C. The van der Waals surface area contributed by atoms with Crippen molar-refractivity contribution in [2.45, 2.75) is 20.5 Å². The predicted octanol–water partition coefficient (Wildman–Crippen LogP) is 7.82. The number of aryl methyl sites for hydroxylation is 2. The van der Waals surface area contributed by atoms with Crippen molar-refractivity contribution in [1.82, 2.24) is 0 Å². The van der Waals surface area contributed by atoms with E-state index in [9.17, 15) is 0 Å². The van der Waals surface area contributed by atoms with E-state index in [1.54, 1.807) is 6.08 Å². The summed E-state index contributed by atoms with van der Waals surface area (Å²) < 4.78 is 12.1. The minimum absolute atomic E-state index is 0.380. The first-order valence-corrected chi connectivity index (χ1v) is 10.7. The van der Waals surface area contributed by atoms with Gasteiger partial charge in [0.05, 0.1) is 0 Å². The molecular formula is C30H30O2. The van der Waals surface area contributed by atoms with Crippen molar-refractivity contribution < 1.29 is 9.47 Å². The van der Waals surface area contributed by atoms with Gasteiger partial charge in [-0.1, -0.05) is 86.5 Å². The van der Waals surface area contributed by atoms with E-state index in [-0.39, 0.29) is 0 Å². The molecule has 0 heterocycles. The lowest BCUT2D eigenvalue weighted by Gasteiger charge is -2.14. The average Bonchev–Trinajstić information content (AvgIpc) is 2.81. The second kappa shape index (κ2) is 11.0. The smallest absolute Gasteiger partial charge is 0.130 e.